The van der Waals surface area contributed by atoms with Gasteiger partial charge in [0, 0.05) is 17.1 Å². The fraction of sp³-hybridized carbons (Fsp3) is 0.190. The summed E-state index contributed by atoms with van der Waals surface area (Å²) in [6, 6.07) is 22.6. The van der Waals surface area contributed by atoms with Crippen LogP contribution in [0.2, 0.25) is 0 Å². The van der Waals surface area contributed by atoms with Crippen molar-refractivity contribution in [2.24, 2.45) is 0 Å². The number of thiophene rings is 1. The lowest BCUT2D eigenvalue weighted by molar-refractivity contribution is -0.119. The van der Waals surface area contributed by atoms with E-state index in [0.717, 1.165) is 5.69 Å². The van der Waals surface area contributed by atoms with Gasteiger partial charge < -0.3 is 10.2 Å². The van der Waals surface area contributed by atoms with Crippen molar-refractivity contribution < 1.29 is 4.79 Å². The molecule has 128 valence electrons. The molecule has 0 unspecified atom stereocenters. The highest BCUT2D eigenvalue weighted by molar-refractivity contribution is 7.09. The molecule has 0 fully saturated rings. The molecule has 3 aromatic rings. The Balaban J connectivity index is 1.69. The van der Waals surface area contributed by atoms with Gasteiger partial charge in [-0.25, -0.2) is 0 Å². The van der Waals surface area contributed by atoms with Crippen LogP contribution in [0.1, 0.15) is 16.0 Å². The number of nitrogens with one attached hydrogen (secondary N) is 1. The number of carbonyl (C=O) groups excluding carboxylic acids is 1. The molecule has 0 aliphatic rings. The fourth-order valence-corrected chi connectivity index (χ4v) is 3.27. The zero-order chi connectivity index (χ0) is 17.5. The van der Waals surface area contributed by atoms with E-state index < -0.39 is 0 Å². The lowest BCUT2D eigenvalue weighted by atomic mass is 10.1. The third-order valence-corrected chi connectivity index (χ3v) is 4.87. The van der Waals surface area contributed by atoms with Gasteiger partial charge in [-0.05, 0) is 36.1 Å². The van der Waals surface area contributed by atoms with Crippen LogP contribution < -0.4 is 10.2 Å². The first-order valence-electron chi connectivity index (χ1n) is 8.35. The van der Waals surface area contributed by atoms with E-state index in [1.165, 1.54) is 16.0 Å². The Morgan fingerprint density at radius 1 is 1.00 bits per heavy atom. The predicted octanol–water partition coefficient (Wildman–Crippen LogP) is 4.38. The molecular formula is C21H22N2OS. The van der Waals surface area contributed by atoms with Crippen LogP contribution in [0.3, 0.4) is 0 Å². The minimum absolute atomic E-state index is 0.0323. The van der Waals surface area contributed by atoms with Crippen molar-refractivity contribution >= 4 is 22.9 Å². The lowest BCUT2D eigenvalue weighted by Crippen LogP contribution is -2.36. The number of benzene rings is 2. The normalized spacial score (nSPS) is 10.4. The Bertz CT molecular complexity index is 783. The second kappa shape index (κ2) is 8.49. The number of hydrogen-bond acceptors (Lipinski definition) is 3. The molecule has 25 heavy (non-hydrogen) atoms. The van der Waals surface area contributed by atoms with E-state index in [0.29, 0.717) is 19.6 Å². The maximum atomic E-state index is 12.4. The fourth-order valence-electron chi connectivity index (χ4n) is 2.63. The zero-order valence-electron chi connectivity index (χ0n) is 14.3. The standard InChI is InChI=1S/C21H22N2OS/c1-17-9-11-19(12-10-17)23(15-18-6-3-2-4-7-18)16-21(24)22-14-20-8-5-13-25-20/h2-13H,14-16H2,1H3,(H,22,24). The zero-order valence-corrected chi connectivity index (χ0v) is 15.1. The highest BCUT2D eigenvalue weighted by atomic mass is 32.1. The molecule has 0 aliphatic carbocycles. The van der Waals surface area contributed by atoms with Crippen LogP contribution in [0.4, 0.5) is 5.69 Å². The highest BCUT2D eigenvalue weighted by Crippen LogP contribution is 2.18. The molecule has 1 amide bonds. The Labute approximate surface area is 152 Å². The van der Waals surface area contributed by atoms with Crippen LogP contribution >= 0.6 is 11.3 Å². The van der Waals surface area contributed by atoms with Crippen molar-refractivity contribution in [3.05, 3.63) is 88.1 Å². The van der Waals surface area contributed by atoms with E-state index in [1.54, 1.807) is 11.3 Å². The van der Waals surface area contributed by atoms with Crippen molar-refractivity contribution in [2.75, 3.05) is 11.4 Å². The molecule has 1 heterocycles. The summed E-state index contributed by atoms with van der Waals surface area (Å²) in [4.78, 5) is 15.7. The monoisotopic (exact) mass is 350 g/mol. The van der Waals surface area contributed by atoms with Gasteiger partial charge in [0.1, 0.15) is 0 Å². The minimum Gasteiger partial charge on any atom is -0.358 e. The molecule has 4 heteroatoms. The van der Waals surface area contributed by atoms with Crippen molar-refractivity contribution in [1.82, 2.24) is 5.32 Å². The van der Waals surface area contributed by atoms with Gasteiger partial charge >= 0.3 is 0 Å². The maximum absolute atomic E-state index is 12.4. The van der Waals surface area contributed by atoms with Crippen molar-refractivity contribution in [2.45, 2.75) is 20.0 Å². The number of anilines is 1. The Kier molecular flexibility index (Phi) is 5.86. The van der Waals surface area contributed by atoms with Crippen molar-refractivity contribution in [1.29, 1.82) is 0 Å². The van der Waals surface area contributed by atoms with Gasteiger partial charge in [0.15, 0.2) is 0 Å². The van der Waals surface area contributed by atoms with Gasteiger partial charge in [0.25, 0.3) is 0 Å². The summed E-state index contributed by atoms with van der Waals surface area (Å²) in [5.41, 5.74) is 3.46. The molecule has 0 saturated heterocycles. The molecule has 3 rings (SSSR count). The van der Waals surface area contributed by atoms with E-state index in [9.17, 15) is 4.79 Å². The first kappa shape index (κ1) is 17.2. The summed E-state index contributed by atoms with van der Waals surface area (Å²) in [6.07, 6.45) is 0. The number of hydrogen-bond donors (Lipinski definition) is 1. The summed E-state index contributed by atoms with van der Waals surface area (Å²) in [5, 5.41) is 5.04. The molecule has 1 N–H and O–H groups in total. The van der Waals surface area contributed by atoms with Crippen LogP contribution in [0.15, 0.2) is 72.1 Å². The Hall–Kier alpha value is -2.59. The quantitative estimate of drug-likeness (QED) is 0.686. The maximum Gasteiger partial charge on any atom is 0.239 e. The van der Waals surface area contributed by atoms with Crippen molar-refractivity contribution in [3.63, 3.8) is 0 Å². The molecule has 0 saturated carbocycles. The van der Waals surface area contributed by atoms with Gasteiger partial charge in [-0.2, -0.15) is 0 Å². The predicted molar refractivity (Wildman–Crippen MR) is 105 cm³/mol. The number of carbonyl (C=O) groups is 1. The molecule has 2 aromatic carbocycles. The van der Waals surface area contributed by atoms with Crippen LogP contribution in [0.25, 0.3) is 0 Å². The molecule has 3 nitrogen and oxygen atoms in total. The van der Waals surface area contributed by atoms with Crippen molar-refractivity contribution in [3.8, 4) is 0 Å². The summed E-state index contributed by atoms with van der Waals surface area (Å²) in [7, 11) is 0. The first-order chi connectivity index (χ1) is 12.2. The number of aryl methyl sites for hydroxylation is 1. The summed E-state index contributed by atoms with van der Waals surface area (Å²) < 4.78 is 0. The van der Waals surface area contributed by atoms with Crippen LogP contribution in [0.5, 0.6) is 0 Å². The second-order valence-corrected chi connectivity index (χ2v) is 7.07. The third kappa shape index (κ3) is 5.19. The molecule has 0 aliphatic heterocycles. The largest absolute Gasteiger partial charge is 0.358 e. The average molecular weight is 350 g/mol. The number of nitrogens with zero attached hydrogens (tertiary/aromatic N) is 1. The lowest BCUT2D eigenvalue weighted by Gasteiger charge is -2.24. The SMILES string of the molecule is Cc1ccc(N(CC(=O)NCc2cccs2)Cc2ccccc2)cc1. The van der Waals surface area contributed by atoms with E-state index in [1.807, 2.05) is 35.7 Å². The number of amides is 1. The van der Waals surface area contributed by atoms with E-state index in [4.69, 9.17) is 0 Å². The summed E-state index contributed by atoms with van der Waals surface area (Å²) in [6.45, 7) is 3.70. The van der Waals surface area contributed by atoms with Gasteiger partial charge in [-0.1, -0.05) is 54.1 Å². The van der Waals surface area contributed by atoms with E-state index >= 15 is 0 Å². The van der Waals surface area contributed by atoms with Crippen LogP contribution in [-0.4, -0.2) is 12.5 Å². The highest BCUT2D eigenvalue weighted by Gasteiger charge is 2.12. The third-order valence-electron chi connectivity index (χ3n) is 3.99. The molecular weight excluding hydrogens is 328 g/mol. The van der Waals surface area contributed by atoms with Crippen LogP contribution in [0, 0.1) is 6.92 Å². The average Bonchev–Trinajstić information content (AvgIpc) is 3.15. The van der Waals surface area contributed by atoms with Gasteiger partial charge in [-0.15, -0.1) is 11.3 Å². The van der Waals surface area contributed by atoms with Gasteiger partial charge in [-0.3, -0.25) is 4.79 Å². The Morgan fingerprint density at radius 3 is 2.44 bits per heavy atom. The Morgan fingerprint density at radius 2 is 1.76 bits per heavy atom. The van der Waals surface area contributed by atoms with Gasteiger partial charge in [0.05, 0.1) is 13.1 Å². The summed E-state index contributed by atoms with van der Waals surface area (Å²) >= 11 is 1.66. The molecule has 0 atom stereocenters. The molecule has 0 radical (unpaired) electrons. The smallest absolute Gasteiger partial charge is 0.239 e. The van der Waals surface area contributed by atoms with E-state index in [2.05, 4.69) is 53.5 Å². The first-order valence-corrected chi connectivity index (χ1v) is 9.23. The van der Waals surface area contributed by atoms with E-state index in [-0.39, 0.29) is 5.91 Å². The second-order valence-electron chi connectivity index (χ2n) is 6.03. The molecule has 0 bridgehead atoms. The van der Waals surface area contributed by atoms with Crippen LogP contribution in [-0.2, 0) is 17.9 Å². The molecule has 1 aromatic heterocycles. The molecule has 0 spiro atoms. The topological polar surface area (TPSA) is 32.3 Å². The minimum atomic E-state index is 0.0323. The van der Waals surface area contributed by atoms with Gasteiger partial charge in [0.2, 0.25) is 5.91 Å². The summed E-state index contributed by atoms with van der Waals surface area (Å²) in [5.74, 6) is 0.0323. The number of rotatable bonds is 7.